The van der Waals surface area contributed by atoms with Crippen LogP contribution in [0.5, 0.6) is 0 Å². The smallest absolute Gasteiger partial charge is 0.226 e. The molecule has 0 bridgehead atoms. The second-order valence-electron chi connectivity index (χ2n) is 5.79. The van der Waals surface area contributed by atoms with E-state index in [0.29, 0.717) is 5.92 Å². The van der Waals surface area contributed by atoms with Crippen molar-refractivity contribution in [3.8, 4) is 0 Å². The molecule has 1 aromatic rings. The highest BCUT2D eigenvalue weighted by atomic mass is 16.5. The van der Waals surface area contributed by atoms with Gasteiger partial charge in [0.1, 0.15) is 0 Å². The molecule has 2 unspecified atom stereocenters. The van der Waals surface area contributed by atoms with Crippen LogP contribution in [0.4, 0.5) is 0 Å². The minimum Gasteiger partial charge on any atom is -0.381 e. The van der Waals surface area contributed by atoms with E-state index in [-0.39, 0.29) is 17.9 Å². The summed E-state index contributed by atoms with van der Waals surface area (Å²) in [6, 6.07) is 10.4. The van der Waals surface area contributed by atoms with E-state index in [1.807, 2.05) is 18.2 Å². The van der Waals surface area contributed by atoms with Gasteiger partial charge in [0, 0.05) is 26.3 Å². The maximum absolute atomic E-state index is 12.2. The van der Waals surface area contributed by atoms with E-state index in [1.165, 1.54) is 5.56 Å². The fourth-order valence-electron chi connectivity index (χ4n) is 2.83. The molecular formula is C16H22N2O2. The third-order valence-electron chi connectivity index (χ3n) is 4.26. The summed E-state index contributed by atoms with van der Waals surface area (Å²) in [6.45, 7) is 3.29. The standard InChI is InChI=1S/C16H22N2O2/c19-16(14-9-17-10-14)18-15(8-12-6-7-20-11-12)13-4-2-1-3-5-13/h1-5,12,14-15,17H,6-11H2,(H,18,19). The number of benzene rings is 1. The van der Waals surface area contributed by atoms with E-state index in [4.69, 9.17) is 4.74 Å². The Morgan fingerprint density at radius 3 is 2.75 bits per heavy atom. The van der Waals surface area contributed by atoms with Gasteiger partial charge in [-0.25, -0.2) is 0 Å². The number of hydrogen-bond donors (Lipinski definition) is 2. The van der Waals surface area contributed by atoms with E-state index in [1.54, 1.807) is 0 Å². The zero-order valence-electron chi connectivity index (χ0n) is 11.7. The van der Waals surface area contributed by atoms with E-state index >= 15 is 0 Å². The first kappa shape index (κ1) is 13.6. The molecule has 20 heavy (non-hydrogen) atoms. The predicted octanol–water partition coefficient (Wildman–Crippen LogP) is 1.49. The summed E-state index contributed by atoms with van der Waals surface area (Å²) < 4.78 is 5.46. The fourth-order valence-corrected chi connectivity index (χ4v) is 2.83. The van der Waals surface area contributed by atoms with Crippen LogP contribution in [0.1, 0.15) is 24.4 Å². The maximum atomic E-state index is 12.2. The zero-order chi connectivity index (χ0) is 13.8. The first-order valence-corrected chi connectivity index (χ1v) is 7.46. The number of amides is 1. The van der Waals surface area contributed by atoms with Crippen molar-refractivity contribution in [3.05, 3.63) is 35.9 Å². The normalized spacial score (nSPS) is 24.1. The number of carbonyl (C=O) groups excluding carboxylic acids is 1. The molecule has 4 nitrogen and oxygen atoms in total. The van der Waals surface area contributed by atoms with Gasteiger partial charge in [-0.2, -0.15) is 0 Å². The molecule has 2 saturated heterocycles. The summed E-state index contributed by atoms with van der Waals surface area (Å²) in [4.78, 5) is 12.2. The van der Waals surface area contributed by atoms with Crippen molar-refractivity contribution in [2.24, 2.45) is 11.8 Å². The molecule has 1 amide bonds. The number of carbonyl (C=O) groups is 1. The minimum atomic E-state index is 0.107. The van der Waals surface area contributed by atoms with Crippen LogP contribution in [0.2, 0.25) is 0 Å². The van der Waals surface area contributed by atoms with Gasteiger partial charge in [0.2, 0.25) is 5.91 Å². The fraction of sp³-hybridized carbons (Fsp3) is 0.562. The first-order chi connectivity index (χ1) is 9.83. The van der Waals surface area contributed by atoms with Gasteiger partial charge < -0.3 is 15.4 Å². The number of rotatable bonds is 5. The number of hydrogen-bond acceptors (Lipinski definition) is 3. The minimum absolute atomic E-state index is 0.107. The molecular weight excluding hydrogens is 252 g/mol. The van der Waals surface area contributed by atoms with Crippen molar-refractivity contribution in [3.63, 3.8) is 0 Å². The highest BCUT2D eigenvalue weighted by Crippen LogP contribution is 2.27. The average Bonchev–Trinajstić information content (AvgIpc) is 2.90. The summed E-state index contributed by atoms with van der Waals surface area (Å²) in [7, 11) is 0. The van der Waals surface area contributed by atoms with Crippen LogP contribution in [0.3, 0.4) is 0 Å². The Kier molecular flexibility index (Phi) is 4.33. The first-order valence-electron chi connectivity index (χ1n) is 7.46. The topological polar surface area (TPSA) is 50.4 Å². The molecule has 0 radical (unpaired) electrons. The molecule has 2 heterocycles. The molecule has 2 fully saturated rings. The summed E-state index contributed by atoms with van der Waals surface area (Å²) in [5.41, 5.74) is 1.19. The summed E-state index contributed by atoms with van der Waals surface area (Å²) in [5, 5.41) is 6.38. The van der Waals surface area contributed by atoms with Gasteiger partial charge in [0.05, 0.1) is 12.0 Å². The highest BCUT2D eigenvalue weighted by Gasteiger charge is 2.29. The molecule has 2 aliphatic heterocycles. The Balaban J connectivity index is 1.67. The lowest BCUT2D eigenvalue weighted by molar-refractivity contribution is -0.127. The molecule has 108 valence electrons. The van der Waals surface area contributed by atoms with Crippen LogP contribution in [-0.4, -0.2) is 32.2 Å². The molecule has 1 aromatic carbocycles. The SMILES string of the molecule is O=C(NC(CC1CCOC1)c1ccccc1)C1CNC1. The van der Waals surface area contributed by atoms with Gasteiger partial charge >= 0.3 is 0 Å². The lowest BCUT2D eigenvalue weighted by Gasteiger charge is -2.29. The number of nitrogens with one attached hydrogen (secondary N) is 2. The van der Waals surface area contributed by atoms with Crippen molar-refractivity contribution < 1.29 is 9.53 Å². The van der Waals surface area contributed by atoms with Crippen molar-refractivity contribution in [1.29, 1.82) is 0 Å². The van der Waals surface area contributed by atoms with Crippen LogP contribution in [0, 0.1) is 11.8 Å². The molecule has 0 aromatic heterocycles. The van der Waals surface area contributed by atoms with Crippen LogP contribution in [0.15, 0.2) is 30.3 Å². The zero-order valence-corrected chi connectivity index (χ0v) is 11.7. The van der Waals surface area contributed by atoms with Crippen molar-refractivity contribution >= 4 is 5.91 Å². The molecule has 2 atom stereocenters. The monoisotopic (exact) mass is 274 g/mol. The second kappa shape index (κ2) is 6.37. The summed E-state index contributed by atoms with van der Waals surface area (Å²) >= 11 is 0. The Bertz CT molecular complexity index is 439. The summed E-state index contributed by atoms with van der Waals surface area (Å²) in [6.07, 6.45) is 2.07. The lowest BCUT2D eigenvalue weighted by atomic mass is 9.93. The second-order valence-corrected chi connectivity index (χ2v) is 5.79. The van der Waals surface area contributed by atoms with Crippen LogP contribution in [-0.2, 0) is 9.53 Å². The van der Waals surface area contributed by atoms with Crippen molar-refractivity contribution in [1.82, 2.24) is 10.6 Å². The van der Waals surface area contributed by atoms with Gasteiger partial charge in [-0.05, 0) is 24.3 Å². The van der Waals surface area contributed by atoms with Crippen molar-refractivity contribution in [2.75, 3.05) is 26.3 Å². The number of ether oxygens (including phenoxy) is 1. The Hall–Kier alpha value is -1.39. The van der Waals surface area contributed by atoms with E-state index in [9.17, 15) is 4.79 Å². The molecule has 4 heteroatoms. The van der Waals surface area contributed by atoms with Crippen LogP contribution < -0.4 is 10.6 Å². The van der Waals surface area contributed by atoms with E-state index < -0.39 is 0 Å². The van der Waals surface area contributed by atoms with Crippen molar-refractivity contribution in [2.45, 2.75) is 18.9 Å². The molecule has 2 N–H and O–H groups in total. The van der Waals surface area contributed by atoms with E-state index in [0.717, 1.165) is 39.1 Å². The Labute approximate surface area is 119 Å². The van der Waals surface area contributed by atoms with Crippen LogP contribution in [0.25, 0.3) is 0 Å². The van der Waals surface area contributed by atoms with Gasteiger partial charge in [-0.3, -0.25) is 4.79 Å². The van der Waals surface area contributed by atoms with Gasteiger partial charge in [0.25, 0.3) is 0 Å². The lowest BCUT2D eigenvalue weighted by Crippen LogP contribution is -2.51. The van der Waals surface area contributed by atoms with Gasteiger partial charge in [-0.1, -0.05) is 30.3 Å². The molecule has 0 spiro atoms. The largest absolute Gasteiger partial charge is 0.381 e. The quantitative estimate of drug-likeness (QED) is 0.855. The third kappa shape index (κ3) is 3.19. The van der Waals surface area contributed by atoms with Crippen LogP contribution >= 0.6 is 0 Å². The van der Waals surface area contributed by atoms with Gasteiger partial charge in [0.15, 0.2) is 0 Å². The maximum Gasteiger partial charge on any atom is 0.226 e. The molecule has 3 rings (SSSR count). The molecule has 2 aliphatic rings. The summed E-state index contributed by atoms with van der Waals surface area (Å²) in [5.74, 6) is 0.873. The van der Waals surface area contributed by atoms with E-state index in [2.05, 4.69) is 22.8 Å². The molecule has 0 aliphatic carbocycles. The highest BCUT2D eigenvalue weighted by molar-refractivity contribution is 5.80. The van der Waals surface area contributed by atoms with Gasteiger partial charge in [-0.15, -0.1) is 0 Å². The molecule has 0 saturated carbocycles. The Morgan fingerprint density at radius 2 is 2.15 bits per heavy atom. The predicted molar refractivity (Wildman–Crippen MR) is 77.2 cm³/mol. The Morgan fingerprint density at radius 1 is 1.35 bits per heavy atom. The average molecular weight is 274 g/mol. The third-order valence-corrected chi connectivity index (χ3v) is 4.26.